The highest BCUT2D eigenvalue weighted by Gasteiger charge is 2.36. The van der Waals surface area contributed by atoms with Crippen LogP contribution in [0.25, 0.3) is 5.65 Å². The van der Waals surface area contributed by atoms with Crippen LogP contribution >= 0.6 is 0 Å². The summed E-state index contributed by atoms with van der Waals surface area (Å²) in [4.78, 5) is 4.57. The molecule has 2 aromatic heterocycles. The van der Waals surface area contributed by atoms with Gasteiger partial charge in [0, 0.05) is 26.4 Å². The molecule has 0 atom stereocenters. The van der Waals surface area contributed by atoms with Crippen LogP contribution in [0.2, 0.25) is 0 Å². The van der Waals surface area contributed by atoms with Crippen LogP contribution in [0.4, 0.5) is 0 Å². The lowest BCUT2D eigenvalue weighted by Gasteiger charge is -2.40. The maximum atomic E-state index is 5.63. The number of hydrogen-bond donors (Lipinski definition) is 1. The van der Waals surface area contributed by atoms with Crippen LogP contribution in [-0.4, -0.2) is 28.6 Å². The maximum Gasteiger partial charge on any atom is 0.137 e. The molecule has 4 heteroatoms. The molecule has 0 amide bonds. The van der Waals surface area contributed by atoms with Gasteiger partial charge in [-0.15, -0.1) is 0 Å². The first kappa shape index (κ1) is 12.6. The van der Waals surface area contributed by atoms with E-state index in [0.29, 0.717) is 0 Å². The van der Waals surface area contributed by atoms with Gasteiger partial charge in [-0.2, -0.15) is 0 Å². The molecule has 1 fully saturated rings. The first-order valence-corrected chi connectivity index (χ1v) is 6.92. The lowest BCUT2D eigenvalue weighted by Crippen LogP contribution is -2.47. The first-order valence-electron chi connectivity index (χ1n) is 6.92. The van der Waals surface area contributed by atoms with E-state index < -0.39 is 0 Å². The minimum Gasteiger partial charge on any atom is -0.377 e. The minimum atomic E-state index is 0.0778. The molecule has 0 spiro atoms. The zero-order chi connectivity index (χ0) is 13.3. The van der Waals surface area contributed by atoms with Gasteiger partial charge in [-0.3, -0.25) is 0 Å². The SMILES string of the molecule is COC1(CNCc2c(C)nc3ccccn23)CCC1. The third-order valence-corrected chi connectivity index (χ3v) is 4.27. The number of pyridine rings is 1. The Bertz CT molecular complexity index is 566. The summed E-state index contributed by atoms with van der Waals surface area (Å²) in [5.74, 6) is 0. The number of aromatic nitrogens is 2. The number of nitrogens with zero attached hydrogens (tertiary/aromatic N) is 2. The van der Waals surface area contributed by atoms with Crippen LogP contribution in [0.3, 0.4) is 0 Å². The molecule has 1 saturated carbocycles. The van der Waals surface area contributed by atoms with Crippen molar-refractivity contribution in [1.82, 2.24) is 14.7 Å². The van der Waals surface area contributed by atoms with Gasteiger partial charge in [-0.25, -0.2) is 4.98 Å². The van der Waals surface area contributed by atoms with E-state index in [4.69, 9.17) is 4.74 Å². The van der Waals surface area contributed by atoms with Crippen molar-refractivity contribution < 1.29 is 4.74 Å². The normalized spacial score (nSPS) is 17.6. The highest BCUT2D eigenvalue weighted by Crippen LogP contribution is 2.34. The van der Waals surface area contributed by atoms with E-state index in [0.717, 1.165) is 24.4 Å². The van der Waals surface area contributed by atoms with Crippen molar-refractivity contribution in [2.24, 2.45) is 0 Å². The Hall–Kier alpha value is -1.39. The van der Waals surface area contributed by atoms with Crippen LogP contribution in [0, 0.1) is 6.92 Å². The van der Waals surface area contributed by atoms with E-state index in [2.05, 4.69) is 27.8 Å². The summed E-state index contributed by atoms with van der Waals surface area (Å²) in [7, 11) is 1.82. The second kappa shape index (κ2) is 4.94. The largest absolute Gasteiger partial charge is 0.377 e. The molecule has 0 unspecified atom stereocenters. The summed E-state index contributed by atoms with van der Waals surface area (Å²) >= 11 is 0. The number of methoxy groups -OCH3 is 1. The van der Waals surface area contributed by atoms with E-state index in [1.165, 1.54) is 25.0 Å². The highest BCUT2D eigenvalue weighted by atomic mass is 16.5. The van der Waals surface area contributed by atoms with Gasteiger partial charge >= 0.3 is 0 Å². The monoisotopic (exact) mass is 259 g/mol. The molecule has 2 heterocycles. The van der Waals surface area contributed by atoms with Gasteiger partial charge < -0.3 is 14.5 Å². The Balaban J connectivity index is 1.70. The fourth-order valence-corrected chi connectivity index (χ4v) is 2.81. The number of nitrogens with one attached hydrogen (secondary N) is 1. The highest BCUT2D eigenvalue weighted by molar-refractivity contribution is 5.42. The number of fused-ring (bicyclic) bond motifs is 1. The molecule has 0 aromatic carbocycles. The van der Waals surface area contributed by atoms with Crippen molar-refractivity contribution >= 4 is 5.65 Å². The average molecular weight is 259 g/mol. The lowest BCUT2D eigenvalue weighted by atomic mass is 9.80. The number of ether oxygens (including phenoxy) is 1. The van der Waals surface area contributed by atoms with Crippen LogP contribution in [0.1, 0.15) is 30.7 Å². The number of rotatable bonds is 5. The Morgan fingerprint density at radius 1 is 1.42 bits per heavy atom. The van der Waals surface area contributed by atoms with Crippen molar-refractivity contribution in [2.45, 2.75) is 38.3 Å². The number of aryl methyl sites for hydroxylation is 1. The van der Waals surface area contributed by atoms with E-state index in [-0.39, 0.29) is 5.60 Å². The molecule has 102 valence electrons. The Morgan fingerprint density at radius 2 is 2.26 bits per heavy atom. The zero-order valence-electron chi connectivity index (χ0n) is 11.6. The molecular weight excluding hydrogens is 238 g/mol. The van der Waals surface area contributed by atoms with Crippen LogP contribution in [0.5, 0.6) is 0 Å². The average Bonchev–Trinajstić information content (AvgIpc) is 2.69. The third-order valence-electron chi connectivity index (χ3n) is 4.27. The van der Waals surface area contributed by atoms with Crippen LogP contribution < -0.4 is 5.32 Å². The topological polar surface area (TPSA) is 38.6 Å². The molecule has 0 bridgehead atoms. The van der Waals surface area contributed by atoms with Crippen molar-refractivity contribution in [3.63, 3.8) is 0 Å². The summed E-state index contributed by atoms with van der Waals surface area (Å²) in [6.07, 6.45) is 5.69. The van der Waals surface area contributed by atoms with Gasteiger partial charge in [-0.05, 0) is 38.3 Å². The fraction of sp³-hybridized carbons (Fsp3) is 0.533. The molecule has 3 rings (SSSR count). The van der Waals surface area contributed by atoms with E-state index in [1.54, 1.807) is 0 Å². The van der Waals surface area contributed by atoms with Crippen LogP contribution in [-0.2, 0) is 11.3 Å². The molecule has 0 saturated heterocycles. The number of hydrogen-bond acceptors (Lipinski definition) is 3. The predicted molar refractivity (Wildman–Crippen MR) is 75.2 cm³/mol. The smallest absolute Gasteiger partial charge is 0.137 e. The van der Waals surface area contributed by atoms with Crippen LogP contribution in [0.15, 0.2) is 24.4 Å². The first-order chi connectivity index (χ1) is 9.24. The number of imidazole rings is 1. The van der Waals surface area contributed by atoms with Gasteiger partial charge in [-0.1, -0.05) is 6.07 Å². The molecule has 0 radical (unpaired) electrons. The zero-order valence-corrected chi connectivity index (χ0v) is 11.6. The summed E-state index contributed by atoms with van der Waals surface area (Å²) in [5.41, 5.74) is 3.43. The summed E-state index contributed by atoms with van der Waals surface area (Å²) < 4.78 is 7.78. The summed E-state index contributed by atoms with van der Waals surface area (Å²) in [6, 6.07) is 6.10. The maximum absolute atomic E-state index is 5.63. The van der Waals surface area contributed by atoms with Gasteiger partial charge in [0.05, 0.1) is 17.0 Å². The predicted octanol–water partition coefficient (Wildman–Crippen LogP) is 2.30. The second-order valence-corrected chi connectivity index (χ2v) is 5.42. The Labute approximate surface area is 113 Å². The van der Waals surface area contributed by atoms with Gasteiger partial charge in [0.15, 0.2) is 0 Å². The summed E-state index contributed by atoms with van der Waals surface area (Å²) in [6.45, 7) is 3.82. The molecule has 1 N–H and O–H groups in total. The van der Waals surface area contributed by atoms with E-state index in [1.807, 2.05) is 25.3 Å². The van der Waals surface area contributed by atoms with E-state index in [9.17, 15) is 0 Å². The lowest BCUT2D eigenvalue weighted by molar-refractivity contribution is -0.0695. The molecular formula is C15H21N3O. The molecule has 1 aliphatic carbocycles. The standard InChI is InChI=1S/C15H21N3O/c1-12-13(18-9-4-3-6-14(18)17-12)10-16-11-15(19-2)7-5-8-15/h3-4,6,9,16H,5,7-8,10-11H2,1-2H3. The third kappa shape index (κ3) is 2.26. The molecule has 4 nitrogen and oxygen atoms in total. The quantitative estimate of drug-likeness (QED) is 0.895. The summed E-state index contributed by atoms with van der Waals surface area (Å²) in [5, 5.41) is 3.53. The Morgan fingerprint density at radius 3 is 2.95 bits per heavy atom. The molecule has 1 aliphatic rings. The van der Waals surface area contributed by atoms with E-state index >= 15 is 0 Å². The van der Waals surface area contributed by atoms with Crippen molar-refractivity contribution in [3.8, 4) is 0 Å². The van der Waals surface area contributed by atoms with Crippen molar-refractivity contribution in [2.75, 3.05) is 13.7 Å². The molecule has 0 aliphatic heterocycles. The van der Waals surface area contributed by atoms with Gasteiger partial charge in [0.2, 0.25) is 0 Å². The van der Waals surface area contributed by atoms with Gasteiger partial charge in [0.1, 0.15) is 5.65 Å². The van der Waals surface area contributed by atoms with Crippen molar-refractivity contribution in [1.29, 1.82) is 0 Å². The molecule has 19 heavy (non-hydrogen) atoms. The second-order valence-electron chi connectivity index (χ2n) is 5.42. The van der Waals surface area contributed by atoms with Crippen molar-refractivity contribution in [3.05, 3.63) is 35.8 Å². The van der Waals surface area contributed by atoms with Gasteiger partial charge in [0.25, 0.3) is 0 Å². The minimum absolute atomic E-state index is 0.0778. The molecule has 2 aromatic rings. The Kier molecular flexibility index (Phi) is 3.29. The fourth-order valence-electron chi connectivity index (χ4n) is 2.81.